The smallest absolute Gasteiger partial charge is 0.0695 e. The van der Waals surface area contributed by atoms with Crippen molar-refractivity contribution in [2.45, 2.75) is 56.7 Å². The van der Waals surface area contributed by atoms with Gasteiger partial charge >= 0.3 is 0 Å². The molecule has 2 rings (SSSR count). The summed E-state index contributed by atoms with van der Waals surface area (Å²) in [5.41, 5.74) is 0. The molecule has 16 heavy (non-hydrogen) atoms. The van der Waals surface area contributed by atoms with Crippen molar-refractivity contribution < 1.29 is 5.11 Å². The van der Waals surface area contributed by atoms with Gasteiger partial charge in [0.05, 0.1) is 6.10 Å². The number of hydrogen-bond donors (Lipinski definition) is 1. The van der Waals surface area contributed by atoms with Crippen LogP contribution in [0.4, 0.5) is 0 Å². The lowest BCUT2D eigenvalue weighted by Crippen LogP contribution is -2.43. The van der Waals surface area contributed by atoms with Crippen LogP contribution in [0.2, 0.25) is 0 Å². The molecule has 3 unspecified atom stereocenters. The topological polar surface area (TPSA) is 26.7 Å². The second-order valence-electron chi connectivity index (χ2n) is 5.67. The minimum absolute atomic E-state index is 0.0802. The van der Waals surface area contributed by atoms with E-state index in [1.807, 2.05) is 0 Å². The third kappa shape index (κ3) is 2.76. The molecule has 0 aromatic heterocycles. The van der Waals surface area contributed by atoms with E-state index in [2.05, 4.69) is 23.9 Å². The Morgan fingerprint density at radius 2 is 1.81 bits per heavy atom. The summed E-state index contributed by atoms with van der Waals surface area (Å²) >= 11 is 0. The minimum atomic E-state index is -0.0802. The zero-order valence-corrected chi connectivity index (χ0v) is 10.7. The molecule has 1 aliphatic carbocycles. The fraction of sp³-hybridized carbons (Fsp3) is 1.00. The number of aliphatic hydroxyl groups excluding tert-OH is 1. The van der Waals surface area contributed by atoms with Crippen LogP contribution in [-0.4, -0.2) is 60.3 Å². The van der Waals surface area contributed by atoms with Crippen molar-refractivity contribution in [3.63, 3.8) is 0 Å². The molecule has 3 heteroatoms. The van der Waals surface area contributed by atoms with E-state index in [1.54, 1.807) is 0 Å². The Balaban J connectivity index is 1.91. The molecule has 1 N–H and O–H groups in total. The van der Waals surface area contributed by atoms with Gasteiger partial charge in [-0.05, 0) is 33.4 Å². The highest BCUT2D eigenvalue weighted by Gasteiger charge is 2.33. The molecule has 0 radical (unpaired) electrons. The molecular weight excluding hydrogens is 200 g/mol. The maximum Gasteiger partial charge on any atom is 0.0695 e. The maximum absolute atomic E-state index is 10.2. The lowest BCUT2D eigenvalue weighted by molar-refractivity contribution is 0.0537. The Kier molecular flexibility index (Phi) is 4.22. The molecule has 3 atom stereocenters. The molecule has 1 saturated carbocycles. The van der Waals surface area contributed by atoms with Crippen molar-refractivity contribution in [1.29, 1.82) is 0 Å². The monoisotopic (exact) mass is 226 g/mol. The van der Waals surface area contributed by atoms with E-state index in [-0.39, 0.29) is 6.10 Å². The fourth-order valence-electron chi connectivity index (χ4n) is 3.19. The number of rotatable bonds is 2. The van der Waals surface area contributed by atoms with Crippen LogP contribution in [0.5, 0.6) is 0 Å². The second kappa shape index (κ2) is 5.48. The van der Waals surface area contributed by atoms with E-state index in [0.29, 0.717) is 12.1 Å². The zero-order valence-electron chi connectivity index (χ0n) is 10.7. The zero-order chi connectivity index (χ0) is 11.5. The molecule has 0 spiro atoms. The van der Waals surface area contributed by atoms with Crippen LogP contribution in [0.25, 0.3) is 0 Å². The van der Waals surface area contributed by atoms with Gasteiger partial charge in [-0.2, -0.15) is 0 Å². The van der Waals surface area contributed by atoms with E-state index in [1.165, 1.54) is 38.6 Å². The van der Waals surface area contributed by atoms with E-state index >= 15 is 0 Å². The Hall–Kier alpha value is -0.120. The van der Waals surface area contributed by atoms with Crippen molar-refractivity contribution in [1.82, 2.24) is 9.80 Å². The SMILES string of the molecule is CN(C)C1CCN(C2CCCCCC2O)C1. The van der Waals surface area contributed by atoms with Crippen LogP contribution < -0.4 is 0 Å². The van der Waals surface area contributed by atoms with Crippen LogP contribution in [-0.2, 0) is 0 Å². The average molecular weight is 226 g/mol. The molecule has 0 aromatic rings. The predicted octanol–water partition coefficient (Wildman–Crippen LogP) is 1.32. The van der Waals surface area contributed by atoms with E-state index in [4.69, 9.17) is 0 Å². The molecule has 0 aromatic carbocycles. The summed E-state index contributed by atoms with van der Waals surface area (Å²) in [6.07, 6.45) is 7.19. The van der Waals surface area contributed by atoms with Crippen molar-refractivity contribution in [2.24, 2.45) is 0 Å². The van der Waals surface area contributed by atoms with Crippen LogP contribution >= 0.6 is 0 Å². The molecule has 2 aliphatic rings. The van der Waals surface area contributed by atoms with Gasteiger partial charge in [-0.15, -0.1) is 0 Å². The lowest BCUT2D eigenvalue weighted by Gasteiger charge is -2.31. The minimum Gasteiger partial charge on any atom is -0.391 e. The first kappa shape index (κ1) is 12.3. The Labute approximate surface area is 99.4 Å². The third-order valence-electron chi connectivity index (χ3n) is 4.34. The van der Waals surface area contributed by atoms with E-state index in [9.17, 15) is 5.11 Å². The first-order valence-electron chi connectivity index (χ1n) is 6.77. The van der Waals surface area contributed by atoms with Gasteiger partial charge in [0.15, 0.2) is 0 Å². The average Bonchev–Trinajstić information content (AvgIpc) is 2.63. The normalized spacial score (nSPS) is 37.9. The number of likely N-dealkylation sites (tertiary alicyclic amines) is 1. The third-order valence-corrected chi connectivity index (χ3v) is 4.34. The summed E-state index contributed by atoms with van der Waals surface area (Å²) in [4.78, 5) is 4.85. The summed E-state index contributed by atoms with van der Waals surface area (Å²) in [6.45, 7) is 2.32. The van der Waals surface area contributed by atoms with E-state index in [0.717, 1.165) is 13.0 Å². The van der Waals surface area contributed by atoms with Crippen LogP contribution in [0.15, 0.2) is 0 Å². The quantitative estimate of drug-likeness (QED) is 0.719. The Morgan fingerprint density at radius 3 is 2.50 bits per heavy atom. The standard InChI is InChI=1S/C13H26N2O/c1-14(2)11-8-9-15(10-11)12-6-4-3-5-7-13(12)16/h11-13,16H,3-10H2,1-2H3. The second-order valence-corrected chi connectivity index (χ2v) is 5.67. The summed E-state index contributed by atoms with van der Waals surface area (Å²) in [5.74, 6) is 0. The molecule has 0 amide bonds. The molecule has 1 saturated heterocycles. The first-order chi connectivity index (χ1) is 7.68. The van der Waals surface area contributed by atoms with Crippen molar-refractivity contribution in [3.8, 4) is 0 Å². The van der Waals surface area contributed by atoms with Gasteiger partial charge < -0.3 is 10.0 Å². The Morgan fingerprint density at radius 1 is 1.06 bits per heavy atom. The molecule has 1 aliphatic heterocycles. The van der Waals surface area contributed by atoms with Gasteiger partial charge in [0.25, 0.3) is 0 Å². The number of hydrogen-bond acceptors (Lipinski definition) is 3. The summed E-state index contributed by atoms with van der Waals surface area (Å²) in [6, 6.07) is 1.13. The number of likely N-dealkylation sites (N-methyl/N-ethyl adjacent to an activating group) is 1. The molecule has 2 fully saturated rings. The van der Waals surface area contributed by atoms with Gasteiger partial charge in [-0.1, -0.05) is 19.3 Å². The molecule has 94 valence electrons. The van der Waals surface area contributed by atoms with Crippen molar-refractivity contribution >= 4 is 0 Å². The Bertz CT molecular complexity index is 220. The van der Waals surface area contributed by atoms with Gasteiger partial charge in [0, 0.05) is 25.2 Å². The first-order valence-corrected chi connectivity index (χ1v) is 6.77. The lowest BCUT2D eigenvalue weighted by atomic mass is 10.0. The molecular formula is C13H26N2O. The number of nitrogens with zero attached hydrogens (tertiary/aromatic N) is 2. The highest BCUT2D eigenvalue weighted by molar-refractivity contribution is 4.89. The number of aliphatic hydroxyl groups is 1. The maximum atomic E-state index is 10.2. The fourth-order valence-corrected chi connectivity index (χ4v) is 3.19. The van der Waals surface area contributed by atoms with Gasteiger partial charge in [0.1, 0.15) is 0 Å². The van der Waals surface area contributed by atoms with Crippen LogP contribution in [0, 0.1) is 0 Å². The van der Waals surface area contributed by atoms with Crippen molar-refractivity contribution in [3.05, 3.63) is 0 Å². The summed E-state index contributed by atoms with van der Waals surface area (Å²) < 4.78 is 0. The molecule has 1 heterocycles. The van der Waals surface area contributed by atoms with Gasteiger partial charge in [-0.25, -0.2) is 0 Å². The molecule has 3 nitrogen and oxygen atoms in total. The van der Waals surface area contributed by atoms with Crippen molar-refractivity contribution in [2.75, 3.05) is 27.2 Å². The van der Waals surface area contributed by atoms with Crippen LogP contribution in [0.3, 0.4) is 0 Å². The largest absolute Gasteiger partial charge is 0.391 e. The van der Waals surface area contributed by atoms with E-state index < -0.39 is 0 Å². The van der Waals surface area contributed by atoms with Crippen LogP contribution in [0.1, 0.15) is 38.5 Å². The van der Waals surface area contributed by atoms with Gasteiger partial charge in [-0.3, -0.25) is 4.90 Å². The highest BCUT2D eigenvalue weighted by atomic mass is 16.3. The highest BCUT2D eigenvalue weighted by Crippen LogP contribution is 2.26. The van der Waals surface area contributed by atoms with Gasteiger partial charge in [0.2, 0.25) is 0 Å². The summed E-state index contributed by atoms with van der Waals surface area (Å²) in [7, 11) is 4.33. The molecule has 0 bridgehead atoms. The summed E-state index contributed by atoms with van der Waals surface area (Å²) in [5, 5.41) is 10.2. The predicted molar refractivity (Wildman–Crippen MR) is 66.5 cm³/mol.